The van der Waals surface area contributed by atoms with E-state index in [9.17, 15) is 0 Å². The fourth-order valence-corrected chi connectivity index (χ4v) is 5.29. The van der Waals surface area contributed by atoms with Crippen molar-refractivity contribution in [1.82, 2.24) is 0 Å². The molecule has 3 aromatic rings. The van der Waals surface area contributed by atoms with Gasteiger partial charge in [0.25, 0.3) is 0 Å². The van der Waals surface area contributed by atoms with Crippen LogP contribution in [-0.2, 0) is 10.8 Å². The second kappa shape index (κ2) is 4.43. The molecule has 2 aliphatic rings. The van der Waals surface area contributed by atoms with Crippen LogP contribution in [-0.4, -0.2) is 0 Å². The van der Waals surface area contributed by atoms with Gasteiger partial charge in [-0.05, 0) is 51.4 Å². The molecule has 0 atom stereocenters. The molecule has 0 radical (unpaired) electrons. The molecule has 0 unspecified atom stereocenters. The van der Waals surface area contributed by atoms with E-state index in [4.69, 9.17) is 0 Å². The molecule has 0 aromatic heterocycles. The Kier molecular flexibility index (Phi) is 2.65. The number of rotatable bonds is 0. The Morgan fingerprint density at radius 2 is 1.08 bits per heavy atom. The number of fused-ring (bicyclic) bond motifs is 7. The van der Waals surface area contributed by atoms with Crippen LogP contribution in [0.15, 0.2) is 54.6 Å². The Morgan fingerprint density at radius 3 is 1.76 bits per heavy atom. The molecule has 0 heterocycles. The highest BCUT2D eigenvalue weighted by Crippen LogP contribution is 2.58. The highest BCUT2D eigenvalue weighted by atomic mass is 14.5. The summed E-state index contributed by atoms with van der Waals surface area (Å²) in [5.74, 6) is 0. The van der Waals surface area contributed by atoms with Gasteiger partial charge in [0.1, 0.15) is 0 Å². The van der Waals surface area contributed by atoms with E-state index in [0.717, 1.165) is 0 Å². The van der Waals surface area contributed by atoms with Crippen molar-refractivity contribution in [2.45, 2.75) is 45.4 Å². The zero-order valence-electron chi connectivity index (χ0n) is 15.7. The smallest absolute Gasteiger partial charge is 0.0162 e. The molecule has 0 saturated heterocycles. The maximum absolute atomic E-state index is 2.40. The van der Waals surface area contributed by atoms with E-state index in [1.165, 1.54) is 50.1 Å². The molecule has 5 rings (SSSR count). The monoisotopic (exact) mass is 324 g/mol. The summed E-state index contributed by atoms with van der Waals surface area (Å²) in [7, 11) is 0. The maximum Gasteiger partial charge on any atom is 0.0162 e. The van der Waals surface area contributed by atoms with Crippen LogP contribution in [0.3, 0.4) is 0 Å². The average Bonchev–Trinajstić information content (AvgIpc) is 2.95. The van der Waals surface area contributed by atoms with E-state index in [0.29, 0.717) is 0 Å². The lowest BCUT2D eigenvalue weighted by molar-refractivity contribution is 0.601. The first-order chi connectivity index (χ1) is 11.8. The SMILES string of the molecule is Cc1ccc2c(c1)C(C)(C)c1c-2ccc2c1C(C)(C)c1ccccc1-2. The third-order valence-corrected chi connectivity index (χ3v) is 6.48. The first-order valence-corrected chi connectivity index (χ1v) is 9.23. The van der Waals surface area contributed by atoms with Crippen molar-refractivity contribution in [2.24, 2.45) is 0 Å². The molecule has 0 nitrogen and oxygen atoms in total. The van der Waals surface area contributed by atoms with Crippen LogP contribution < -0.4 is 0 Å². The Morgan fingerprint density at radius 1 is 0.560 bits per heavy atom. The highest BCUT2D eigenvalue weighted by molar-refractivity contribution is 5.91. The summed E-state index contributed by atoms with van der Waals surface area (Å²) in [6.07, 6.45) is 0. The fourth-order valence-electron chi connectivity index (χ4n) is 5.29. The Hall–Kier alpha value is -2.34. The quantitative estimate of drug-likeness (QED) is 0.436. The van der Waals surface area contributed by atoms with Crippen LogP contribution in [0.5, 0.6) is 0 Å². The molecule has 0 N–H and O–H groups in total. The highest BCUT2D eigenvalue weighted by Gasteiger charge is 2.45. The van der Waals surface area contributed by atoms with Gasteiger partial charge in [0.05, 0.1) is 0 Å². The lowest BCUT2D eigenvalue weighted by Gasteiger charge is -2.30. The van der Waals surface area contributed by atoms with Crippen molar-refractivity contribution in [3.63, 3.8) is 0 Å². The van der Waals surface area contributed by atoms with Crippen molar-refractivity contribution in [3.8, 4) is 22.3 Å². The second-order valence-electron chi connectivity index (χ2n) is 8.76. The van der Waals surface area contributed by atoms with Gasteiger partial charge in [-0.25, -0.2) is 0 Å². The molecule has 25 heavy (non-hydrogen) atoms. The zero-order valence-corrected chi connectivity index (χ0v) is 15.7. The maximum atomic E-state index is 2.40. The van der Waals surface area contributed by atoms with Crippen molar-refractivity contribution in [1.29, 1.82) is 0 Å². The Bertz CT molecular complexity index is 1050. The largest absolute Gasteiger partial charge is 0.0619 e. The normalized spacial score (nSPS) is 17.6. The van der Waals surface area contributed by atoms with Gasteiger partial charge in [0.15, 0.2) is 0 Å². The van der Waals surface area contributed by atoms with E-state index >= 15 is 0 Å². The molecular weight excluding hydrogens is 300 g/mol. The molecule has 0 heteroatoms. The fraction of sp³-hybridized carbons (Fsp3) is 0.280. The van der Waals surface area contributed by atoms with Gasteiger partial charge in [-0.3, -0.25) is 0 Å². The molecule has 2 aliphatic carbocycles. The minimum atomic E-state index is 0.0430. The van der Waals surface area contributed by atoms with Crippen molar-refractivity contribution in [2.75, 3.05) is 0 Å². The zero-order chi connectivity index (χ0) is 17.6. The molecule has 124 valence electrons. The van der Waals surface area contributed by atoms with E-state index < -0.39 is 0 Å². The van der Waals surface area contributed by atoms with Crippen LogP contribution in [0, 0.1) is 6.92 Å². The topological polar surface area (TPSA) is 0 Å². The number of benzene rings is 3. The van der Waals surface area contributed by atoms with Gasteiger partial charge in [0.2, 0.25) is 0 Å². The van der Waals surface area contributed by atoms with Crippen LogP contribution in [0.4, 0.5) is 0 Å². The lowest BCUT2D eigenvalue weighted by atomic mass is 9.72. The standard InChI is InChI=1S/C25H24/c1-15-10-11-17-19-13-12-18-16-8-6-7-9-20(16)24(2,3)22(18)23(19)25(4,5)21(17)14-15/h6-14H,1-5H3. The van der Waals surface area contributed by atoms with Crippen LogP contribution in [0.25, 0.3) is 22.3 Å². The third kappa shape index (κ3) is 1.68. The van der Waals surface area contributed by atoms with E-state index in [1.54, 1.807) is 0 Å². The summed E-state index contributed by atoms with van der Waals surface area (Å²) < 4.78 is 0. The molecular formula is C25H24. The van der Waals surface area contributed by atoms with Crippen molar-refractivity contribution >= 4 is 0 Å². The summed E-state index contributed by atoms with van der Waals surface area (Å²) in [5.41, 5.74) is 13.1. The summed E-state index contributed by atoms with van der Waals surface area (Å²) in [6.45, 7) is 11.8. The average molecular weight is 324 g/mol. The second-order valence-corrected chi connectivity index (χ2v) is 8.76. The Labute approximate surface area is 150 Å². The minimum Gasteiger partial charge on any atom is -0.0619 e. The predicted octanol–water partition coefficient (Wildman–Crippen LogP) is 6.61. The minimum absolute atomic E-state index is 0.0430. The first-order valence-electron chi connectivity index (χ1n) is 9.23. The van der Waals surface area contributed by atoms with Gasteiger partial charge >= 0.3 is 0 Å². The van der Waals surface area contributed by atoms with Crippen LogP contribution in [0.2, 0.25) is 0 Å². The summed E-state index contributed by atoms with van der Waals surface area (Å²) in [6, 6.07) is 20.6. The molecule has 0 aliphatic heterocycles. The van der Waals surface area contributed by atoms with Crippen molar-refractivity contribution < 1.29 is 0 Å². The van der Waals surface area contributed by atoms with Crippen molar-refractivity contribution in [3.05, 3.63) is 82.4 Å². The molecule has 3 aromatic carbocycles. The summed E-state index contributed by atoms with van der Waals surface area (Å²) >= 11 is 0. The molecule has 0 bridgehead atoms. The van der Waals surface area contributed by atoms with Crippen LogP contribution >= 0.6 is 0 Å². The summed E-state index contributed by atoms with van der Waals surface area (Å²) in [4.78, 5) is 0. The summed E-state index contributed by atoms with van der Waals surface area (Å²) in [5, 5.41) is 0. The van der Waals surface area contributed by atoms with Gasteiger partial charge in [-0.2, -0.15) is 0 Å². The van der Waals surface area contributed by atoms with E-state index in [-0.39, 0.29) is 10.8 Å². The van der Waals surface area contributed by atoms with Crippen LogP contribution in [0.1, 0.15) is 55.5 Å². The number of aryl methyl sites for hydroxylation is 1. The van der Waals surface area contributed by atoms with E-state index in [2.05, 4.69) is 89.2 Å². The molecule has 0 saturated carbocycles. The molecule has 0 amide bonds. The van der Waals surface area contributed by atoms with Gasteiger partial charge in [-0.15, -0.1) is 0 Å². The Balaban J connectivity index is 1.91. The number of hydrogen-bond donors (Lipinski definition) is 0. The molecule has 0 spiro atoms. The van der Waals surface area contributed by atoms with Gasteiger partial charge in [0, 0.05) is 10.8 Å². The van der Waals surface area contributed by atoms with Gasteiger partial charge in [-0.1, -0.05) is 87.9 Å². The number of hydrogen-bond acceptors (Lipinski definition) is 0. The first kappa shape index (κ1) is 15.0. The lowest BCUT2D eigenvalue weighted by Crippen LogP contribution is -2.24. The molecule has 0 fully saturated rings. The van der Waals surface area contributed by atoms with E-state index in [1.807, 2.05) is 0 Å². The van der Waals surface area contributed by atoms with Gasteiger partial charge < -0.3 is 0 Å². The predicted molar refractivity (Wildman–Crippen MR) is 106 cm³/mol. The third-order valence-electron chi connectivity index (χ3n) is 6.48.